The number of halogens is 1. The molecule has 0 bridgehead atoms. The molecule has 1 aliphatic carbocycles. The Kier molecular flexibility index (Phi) is 3.61. The molecule has 0 unspecified atom stereocenters. The first-order valence-electron chi connectivity index (χ1n) is 5.75. The Morgan fingerprint density at radius 2 is 2.12 bits per heavy atom. The summed E-state index contributed by atoms with van der Waals surface area (Å²) < 4.78 is 27.5. The van der Waals surface area contributed by atoms with E-state index in [-0.39, 0.29) is 11.3 Å². The number of sulfonamides is 1. The lowest BCUT2D eigenvalue weighted by Crippen LogP contribution is -2.36. The predicted molar refractivity (Wildman–Crippen MR) is 72.3 cm³/mol. The molecule has 3 nitrogen and oxygen atoms in total. The van der Waals surface area contributed by atoms with E-state index in [0.717, 1.165) is 22.9 Å². The largest absolute Gasteiger partial charge is 0.212 e. The van der Waals surface area contributed by atoms with Gasteiger partial charge in [0.15, 0.2) is 0 Å². The van der Waals surface area contributed by atoms with Gasteiger partial charge in [-0.3, -0.25) is 0 Å². The van der Waals surface area contributed by atoms with Crippen molar-refractivity contribution in [2.75, 3.05) is 5.75 Å². The number of benzene rings is 1. The number of rotatable bonds is 5. The van der Waals surface area contributed by atoms with Crippen LogP contribution in [0.25, 0.3) is 0 Å². The van der Waals surface area contributed by atoms with E-state index in [1.807, 2.05) is 31.2 Å². The van der Waals surface area contributed by atoms with Crippen molar-refractivity contribution in [3.8, 4) is 0 Å². The molecule has 1 aliphatic rings. The highest BCUT2D eigenvalue weighted by Gasteiger charge is 2.47. The Bertz CT molecular complexity index is 509. The van der Waals surface area contributed by atoms with E-state index >= 15 is 0 Å². The minimum atomic E-state index is -3.15. The van der Waals surface area contributed by atoms with Crippen molar-refractivity contribution >= 4 is 26.0 Å². The summed E-state index contributed by atoms with van der Waals surface area (Å²) in [5, 5.41) is 0. The molecule has 0 aliphatic heterocycles. The minimum absolute atomic E-state index is 0.197. The van der Waals surface area contributed by atoms with Crippen LogP contribution in [0.5, 0.6) is 0 Å². The molecule has 1 saturated carbocycles. The lowest BCUT2D eigenvalue weighted by Gasteiger charge is -2.18. The summed E-state index contributed by atoms with van der Waals surface area (Å²) in [7, 11) is -3.15. The summed E-state index contributed by atoms with van der Waals surface area (Å²) in [6, 6.07) is 7.85. The van der Waals surface area contributed by atoms with Crippen LogP contribution >= 0.6 is 15.9 Å². The second-order valence-electron chi connectivity index (χ2n) is 4.51. The van der Waals surface area contributed by atoms with E-state index in [2.05, 4.69) is 20.7 Å². The molecule has 1 aromatic carbocycles. The third-order valence-electron chi connectivity index (χ3n) is 2.95. The standard InChI is InChI=1S/C12H16BrNO2S/c1-2-8-17(15,16)14-12(6-7-12)10-4-3-5-11(13)9-10/h3-5,9,14H,2,6-8H2,1H3. The van der Waals surface area contributed by atoms with Crippen LogP contribution < -0.4 is 4.72 Å². The highest BCUT2D eigenvalue weighted by Crippen LogP contribution is 2.46. The van der Waals surface area contributed by atoms with E-state index in [0.29, 0.717) is 6.42 Å². The average Bonchev–Trinajstić information content (AvgIpc) is 2.98. The zero-order valence-corrected chi connectivity index (χ0v) is 12.1. The maximum atomic E-state index is 11.8. The molecular weight excluding hydrogens is 302 g/mol. The van der Waals surface area contributed by atoms with Gasteiger partial charge in [0, 0.05) is 4.47 Å². The van der Waals surface area contributed by atoms with Crippen molar-refractivity contribution in [3.05, 3.63) is 34.3 Å². The minimum Gasteiger partial charge on any atom is -0.212 e. The predicted octanol–water partition coefficient (Wildman–Crippen LogP) is 2.77. The molecule has 0 saturated heterocycles. The van der Waals surface area contributed by atoms with Crippen LogP contribution in [-0.2, 0) is 15.6 Å². The van der Waals surface area contributed by atoms with Gasteiger partial charge in [0.25, 0.3) is 0 Å². The Labute approximate surface area is 111 Å². The highest BCUT2D eigenvalue weighted by molar-refractivity contribution is 9.10. The van der Waals surface area contributed by atoms with Gasteiger partial charge in [-0.2, -0.15) is 0 Å². The summed E-state index contributed by atoms with van der Waals surface area (Å²) in [5.41, 5.74) is 0.698. The molecule has 0 radical (unpaired) electrons. The SMILES string of the molecule is CCCS(=O)(=O)NC1(c2cccc(Br)c2)CC1. The fourth-order valence-corrected chi connectivity index (χ4v) is 3.93. The zero-order valence-electron chi connectivity index (χ0n) is 9.74. The van der Waals surface area contributed by atoms with Gasteiger partial charge in [-0.1, -0.05) is 35.0 Å². The fraction of sp³-hybridized carbons (Fsp3) is 0.500. The molecule has 0 amide bonds. The second kappa shape index (κ2) is 4.71. The molecular formula is C12H16BrNO2S. The second-order valence-corrected chi connectivity index (χ2v) is 7.27. The van der Waals surface area contributed by atoms with Gasteiger partial charge in [-0.05, 0) is 37.0 Å². The Morgan fingerprint density at radius 1 is 1.41 bits per heavy atom. The molecule has 2 rings (SSSR count). The molecule has 1 aromatic rings. The third kappa shape index (κ3) is 3.09. The number of hydrogen-bond donors (Lipinski definition) is 1. The van der Waals surface area contributed by atoms with Gasteiger partial charge in [-0.25, -0.2) is 13.1 Å². The van der Waals surface area contributed by atoms with Crippen LogP contribution in [0.1, 0.15) is 31.7 Å². The summed E-state index contributed by atoms with van der Waals surface area (Å²) in [6.07, 6.45) is 2.41. The number of hydrogen-bond acceptors (Lipinski definition) is 2. The van der Waals surface area contributed by atoms with Crippen LogP contribution in [0, 0.1) is 0 Å². The summed E-state index contributed by atoms with van der Waals surface area (Å²) >= 11 is 3.42. The monoisotopic (exact) mass is 317 g/mol. The van der Waals surface area contributed by atoms with Crippen molar-refractivity contribution < 1.29 is 8.42 Å². The third-order valence-corrected chi connectivity index (χ3v) is 5.09. The van der Waals surface area contributed by atoms with Gasteiger partial charge in [0.05, 0.1) is 11.3 Å². The highest BCUT2D eigenvalue weighted by atomic mass is 79.9. The zero-order chi connectivity index (χ0) is 12.5. The van der Waals surface area contributed by atoms with Crippen LogP contribution in [0.3, 0.4) is 0 Å². The quantitative estimate of drug-likeness (QED) is 0.907. The van der Waals surface area contributed by atoms with Crippen LogP contribution in [0.2, 0.25) is 0 Å². The summed E-state index contributed by atoms with van der Waals surface area (Å²) in [4.78, 5) is 0. The smallest absolute Gasteiger partial charge is 0.212 e. The van der Waals surface area contributed by atoms with Crippen LogP contribution in [0.4, 0.5) is 0 Å². The molecule has 5 heteroatoms. The van der Waals surface area contributed by atoms with Gasteiger partial charge < -0.3 is 0 Å². The van der Waals surface area contributed by atoms with E-state index in [9.17, 15) is 8.42 Å². The average molecular weight is 318 g/mol. The lowest BCUT2D eigenvalue weighted by atomic mass is 10.1. The Hall–Kier alpha value is -0.390. The molecule has 17 heavy (non-hydrogen) atoms. The first-order chi connectivity index (χ1) is 7.97. The Morgan fingerprint density at radius 3 is 2.65 bits per heavy atom. The molecule has 1 N–H and O–H groups in total. The molecule has 0 heterocycles. The summed E-state index contributed by atoms with van der Waals surface area (Å²) in [5.74, 6) is 0.197. The normalized spacial score (nSPS) is 18.0. The van der Waals surface area contributed by atoms with Crippen molar-refractivity contribution in [2.45, 2.75) is 31.7 Å². The van der Waals surface area contributed by atoms with Crippen LogP contribution in [0.15, 0.2) is 28.7 Å². The lowest BCUT2D eigenvalue weighted by molar-refractivity contribution is 0.550. The van der Waals surface area contributed by atoms with Gasteiger partial charge in [-0.15, -0.1) is 0 Å². The van der Waals surface area contributed by atoms with E-state index in [1.165, 1.54) is 0 Å². The van der Waals surface area contributed by atoms with Crippen molar-refractivity contribution in [1.82, 2.24) is 4.72 Å². The van der Waals surface area contributed by atoms with Crippen LogP contribution in [-0.4, -0.2) is 14.2 Å². The van der Waals surface area contributed by atoms with Crippen molar-refractivity contribution in [1.29, 1.82) is 0 Å². The first-order valence-corrected chi connectivity index (χ1v) is 8.20. The molecule has 0 aromatic heterocycles. The maximum absolute atomic E-state index is 11.8. The van der Waals surface area contributed by atoms with Gasteiger partial charge >= 0.3 is 0 Å². The fourth-order valence-electron chi connectivity index (χ4n) is 1.98. The Balaban J connectivity index is 2.21. The van der Waals surface area contributed by atoms with Gasteiger partial charge in [0.2, 0.25) is 10.0 Å². The molecule has 94 valence electrons. The number of nitrogens with one attached hydrogen (secondary N) is 1. The summed E-state index contributed by atoms with van der Waals surface area (Å²) in [6.45, 7) is 1.87. The maximum Gasteiger partial charge on any atom is 0.212 e. The molecule has 0 spiro atoms. The molecule has 0 atom stereocenters. The topological polar surface area (TPSA) is 46.2 Å². The molecule has 1 fully saturated rings. The van der Waals surface area contributed by atoms with E-state index in [1.54, 1.807) is 0 Å². The van der Waals surface area contributed by atoms with E-state index in [4.69, 9.17) is 0 Å². The van der Waals surface area contributed by atoms with Crippen molar-refractivity contribution in [3.63, 3.8) is 0 Å². The van der Waals surface area contributed by atoms with Gasteiger partial charge in [0.1, 0.15) is 0 Å². The van der Waals surface area contributed by atoms with E-state index < -0.39 is 10.0 Å². The first kappa shape index (κ1) is 13.1. The van der Waals surface area contributed by atoms with Crippen molar-refractivity contribution in [2.24, 2.45) is 0 Å².